The second-order valence-corrected chi connectivity index (χ2v) is 5.36. The van der Waals surface area contributed by atoms with E-state index in [1.807, 2.05) is 6.92 Å². The summed E-state index contributed by atoms with van der Waals surface area (Å²) in [4.78, 5) is 0. The minimum atomic E-state index is -0.154. The normalized spacial score (nSPS) is 16.8. The van der Waals surface area contributed by atoms with Crippen LogP contribution in [0.15, 0.2) is 0 Å². The maximum atomic E-state index is 9.23. The maximum Gasteiger partial charge on any atom is 0.0512 e. The fourth-order valence-corrected chi connectivity index (χ4v) is 2.77. The molecule has 0 rings (SSSR count). The first-order chi connectivity index (χ1) is 8.15. The van der Waals surface area contributed by atoms with Gasteiger partial charge in [-0.05, 0) is 31.6 Å². The molecular formula is C15H32O2. The molecule has 0 aromatic rings. The lowest BCUT2D eigenvalue weighted by molar-refractivity contribution is 0.173. The average Bonchev–Trinajstić information content (AvgIpc) is 2.30. The molecule has 2 heteroatoms. The van der Waals surface area contributed by atoms with Gasteiger partial charge in [-0.3, -0.25) is 0 Å². The monoisotopic (exact) mass is 244 g/mol. The molecule has 0 fully saturated rings. The molecule has 0 aliphatic heterocycles. The molecule has 104 valence electrons. The Bertz CT molecular complexity index is 157. The van der Waals surface area contributed by atoms with E-state index in [4.69, 9.17) is 5.11 Å². The van der Waals surface area contributed by atoms with Crippen molar-refractivity contribution in [3.05, 3.63) is 0 Å². The van der Waals surface area contributed by atoms with E-state index in [9.17, 15) is 5.11 Å². The standard InChI is InChI=1S/C15H32O2/c1-4-8-15(14(5-2)11-12-16)10-7-6-9-13(3)17/h13-17H,4-12H2,1-3H3. The van der Waals surface area contributed by atoms with Crippen molar-refractivity contribution in [2.24, 2.45) is 11.8 Å². The van der Waals surface area contributed by atoms with E-state index in [1.165, 1.54) is 32.1 Å². The Kier molecular flexibility index (Phi) is 11.0. The Hall–Kier alpha value is -0.0800. The van der Waals surface area contributed by atoms with Gasteiger partial charge in [0.25, 0.3) is 0 Å². The van der Waals surface area contributed by atoms with Crippen LogP contribution in [0.4, 0.5) is 0 Å². The fourth-order valence-electron chi connectivity index (χ4n) is 2.77. The summed E-state index contributed by atoms with van der Waals surface area (Å²) in [7, 11) is 0. The molecular weight excluding hydrogens is 212 g/mol. The van der Waals surface area contributed by atoms with E-state index in [0.717, 1.165) is 25.2 Å². The minimum absolute atomic E-state index is 0.154. The van der Waals surface area contributed by atoms with Crippen LogP contribution < -0.4 is 0 Å². The third-order valence-corrected chi connectivity index (χ3v) is 3.80. The van der Waals surface area contributed by atoms with Crippen LogP contribution in [-0.2, 0) is 0 Å². The highest BCUT2D eigenvalue weighted by Gasteiger charge is 2.18. The summed E-state index contributed by atoms with van der Waals surface area (Å²) >= 11 is 0. The van der Waals surface area contributed by atoms with Gasteiger partial charge in [-0.2, -0.15) is 0 Å². The minimum Gasteiger partial charge on any atom is -0.396 e. The lowest BCUT2D eigenvalue weighted by atomic mass is 9.81. The van der Waals surface area contributed by atoms with Crippen LogP contribution in [-0.4, -0.2) is 22.9 Å². The van der Waals surface area contributed by atoms with Gasteiger partial charge in [0, 0.05) is 6.61 Å². The Morgan fingerprint density at radius 1 is 0.882 bits per heavy atom. The lowest BCUT2D eigenvalue weighted by Crippen LogP contribution is -2.16. The highest BCUT2D eigenvalue weighted by atomic mass is 16.3. The van der Waals surface area contributed by atoms with Crippen molar-refractivity contribution in [2.45, 2.75) is 78.2 Å². The third kappa shape index (κ3) is 8.62. The molecule has 3 unspecified atom stereocenters. The van der Waals surface area contributed by atoms with Gasteiger partial charge in [0.05, 0.1) is 6.10 Å². The average molecular weight is 244 g/mol. The van der Waals surface area contributed by atoms with E-state index < -0.39 is 0 Å². The zero-order valence-electron chi connectivity index (χ0n) is 12.0. The molecule has 0 spiro atoms. The number of aliphatic hydroxyl groups excluding tert-OH is 2. The van der Waals surface area contributed by atoms with Crippen LogP contribution in [0, 0.1) is 11.8 Å². The smallest absolute Gasteiger partial charge is 0.0512 e. The maximum absolute atomic E-state index is 9.23. The van der Waals surface area contributed by atoms with Crippen molar-refractivity contribution in [1.29, 1.82) is 0 Å². The summed E-state index contributed by atoms with van der Waals surface area (Å²) < 4.78 is 0. The quantitative estimate of drug-likeness (QED) is 0.543. The van der Waals surface area contributed by atoms with Gasteiger partial charge < -0.3 is 10.2 Å². The summed E-state index contributed by atoms with van der Waals surface area (Å²) in [6.45, 7) is 6.67. The molecule has 0 saturated carbocycles. The first-order valence-corrected chi connectivity index (χ1v) is 7.44. The molecule has 0 aromatic carbocycles. The first kappa shape index (κ1) is 16.9. The molecule has 0 aliphatic rings. The van der Waals surface area contributed by atoms with Gasteiger partial charge in [0.2, 0.25) is 0 Å². The molecule has 0 aromatic heterocycles. The SMILES string of the molecule is CCCC(CCCCC(C)O)C(CC)CCO. The first-order valence-electron chi connectivity index (χ1n) is 7.44. The molecule has 2 N–H and O–H groups in total. The van der Waals surface area contributed by atoms with Crippen LogP contribution in [0.25, 0.3) is 0 Å². The zero-order chi connectivity index (χ0) is 13.1. The topological polar surface area (TPSA) is 40.5 Å². The van der Waals surface area contributed by atoms with E-state index in [0.29, 0.717) is 12.5 Å². The zero-order valence-corrected chi connectivity index (χ0v) is 12.0. The van der Waals surface area contributed by atoms with Crippen LogP contribution in [0.1, 0.15) is 72.1 Å². The molecule has 0 aliphatic carbocycles. The largest absolute Gasteiger partial charge is 0.396 e. The predicted octanol–water partition coefficient (Wildman–Crippen LogP) is 3.75. The van der Waals surface area contributed by atoms with E-state index >= 15 is 0 Å². The highest BCUT2D eigenvalue weighted by Crippen LogP contribution is 2.29. The summed E-state index contributed by atoms with van der Waals surface area (Å²) in [6, 6.07) is 0. The summed E-state index contributed by atoms with van der Waals surface area (Å²) in [5.41, 5.74) is 0. The highest BCUT2D eigenvalue weighted by molar-refractivity contribution is 4.69. The van der Waals surface area contributed by atoms with Crippen LogP contribution in [0.5, 0.6) is 0 Å². The van der Waals surface area contributed by atoms with Gasteiger partial charge in [0.1, 0.15) is 0 Å². The Morgan fingerprint density at radius 2 is 1.53 bits per heavy atom. The van der Waals surface area contributed by atoms with E-state index in [1.54, 1.807) is 0 Å². The number of hydrogen-bond donors (Lipinski definition) is 2. The summed E-state index contributed by atoms with van der Waals surface area (Å²) in [6.07, 6.45) is 9.05. The van der Waals surface area contributed by atoms with Gasteiger partial charge >= 0.3 is 0 Å². The molecule has 0 saturated heterocycles. The van der Waals surface area contributed by atoms with Gasteiger partial charge in [-0.1, -0.05) is 52.4 Å². The molecule has 2 nitrogen and oxygen atoms in total. The molecule has 0 heterocycles. The van der Waals surface area contributed by atoms with Crippen molar-refractivity contribution < 1.29 is 10.2 Å². The van der Waals surface area contributed by atoms with Crippen LogP contribution >= 0.6 is 0 Å². The molecule has 0 bridgehead atoms. The second kappa shape index (κ2) is 11.0. The summed E-state index contributed by atoms with van der Waals surface area (Å²) in [5.74, 6) is 1.46. The van der Waals surface area contributed by atoms with Crippen molar-refractivity contribution >= 4 is 0 Å². The Morgan fingerprint density at radius 3 is 2.00 bits per heavy atom. The van der Waals surface area contributed by atoms with Gasteiger partial charge in [-0.25, -0.2) is 0 Å². The van der Waals surface area contributed by atoms with Crippen molar-refractivity contribution in [2.75, 3.05) is 6.61 Å². The molecule has 17 heavy (non-hydrogen) atoms. The summed E-state index contributed by atoms with van der Waals surface area (Å²) in [5, 5.41) is 18.3. The number of rotatable bonds is 11. The van der Waals surface area contributed by atoms with Crippen LogP contribution in [0.3, 0.4) is 0 Å². The van der Waals surface area contributed by atoms with Crippen molar-refractivity contribution in [3.63, 3.8) is 0 Å². The second-order valence-electron chi connectivity index (χ2n) is 5.36. The van der Waals surface area contributed by atoms with Gasteiger partial charge in [-0.15, -0.1) is 0 Å². The lowest BCUT2D eigenvalue weighted by Gasteiger charge is -2.25. The van der Waals surface area contributed by atoms with Gasteiger partial charge in [0.15, 0.2) is 0 Å². The van der Waals surface area contributed by atoms with Crippen molar-refractivity contribution in [1.82, 2.24) is 0 Å². The van der Waals surface area contributed by atoms with E-state index in [-0.39, 0.29) is 6.10 Å². The number of unbranched alkanes of at least 4 members (excludes halogenated alkanes) is 1. The molecule has 0 amide bonds. The number of aliphatic hydroxyl groups is 2. The molecule has 0 radical (unpaired) electrons. The molecule has 3 atom stereocenters. The number of hydrogen-bond acceptors (Lipinski definition) is 2. The third-order valence-electron chi connectivity index (χ3n) is 3.80. The Balaban J connectivity index is 3.94. The predicted molar refractivity (Wildman–Crippen MR) is 74.0 cm³/mol. The van der Waals surface area contributed by atoms with Crippen LogP contribution in [0.2, 0.25) is 0 Å². The van der Waals surface area contributed by atoms with Crippen molar-refractivity contribution in [3.8, 4) is 0 Å². The fraction of sp³-hybridized carbons (Fsp3) is 1.00. The van der Waals surface area contributed by atoms with E-state index in [2.05, 4.69) is 13.8 Å². The Labute approximate surface area is 107 Å².